The van der Waals surface area contributed by atoms with E-state index in [1.165, 1.54) is 12.8 Å². The number of aliphatic imine (C=N–C) groups is 1. The molecule has 0 saturated heterocycles. The predicted molar refractivity (Wildman–Crippen MR) is 89.1 cm³/mol. The van der Waals surface area contributed by atoms with Gasteiger partial charge in [-0.2, -0.15) is 13.2 Å². The Morgan fingerprint density at radius 1 is 1.10 bits per heavy atom. The van der Waals surface area contributed by atoms with Crippen LogP contribution in [0.15, 0.2) is 4.99 Å². The van der Waals surface area contributed by atoms with Crippen molar-refractivity contribution in [1.29, 1.82) is 0 Å². The first-order valence-corrected chi connectivity index (χ1v) is 7.53. The lowest BCUT2D eigenvalue weighted by Gasteiger charge is -2.31. The van der Waals surface area contributed by atoms with E-state index in [2.05, 4.69) is 15.6 Å². The molecule has 0 aliphatic heterocycles. The lowest BCUT2D eigenvalue weighted by Crippen LogP contribution is -2.46. The van der Waals surface area contributed by atoms with Gasteiger partial charge < -0.3 is 10.6 Å². The van der Waals surface area contributed by atoms with Crippen LogP contribution in [0.4, 0.5) is 13.2 Å². The molecule has 0 unspecified atom stereocenters. The fourth-order valence-electron chi connectivity index (χ4n) is 2.75. The van der Waals surface area contributed by atoms with Crippen LogP contribution in [0.2, 0.25) is 0 Å². The fourth-order valence-corrected chi connectivity index (χ4v) is 2.75. The van der Waals surface area contributed by atoms with Crippen LogP contribution in [-0.2, 0) is 0 Å². The molecule has 2 aliphatic carbocycles. The summed E-state index contributed by atoms with van der Waals surface area (Å²) in [5.74, 6) is 0.467. The molecule has 7 heteroatoms. The zero-order valence-corrected chi connectivity index (χ0v) is 14.7. The van der Waals surface area contributed by atoms with Crippen molar-refractivity contribution in [2.75, 3.05) is 13.6 Å². The molecule has 0 spiro atoms. The van der Waals surface area contributed by atoms with E-state index in [1.807, 2.05) is 0 Å². The molecule has 2 fully saturated rings. The highest BCUT2D eigenvalue weighted by atomic mass is 127. The van der Waals surface area contributed by atoms with Gasteiger partial charge in [-0.15, -0.1) is 24.0 Å². The van der Waals surface area contributed by atoms with Gasteiger partial charge in [0.15, 0.2) is 5.96 Å². The quantitative estimate of drug-likeness (QED) is 0.415. The van der Waals surface area contributed by atoms with Gasteiger partial charge in [-0.3, -0.25) is 4.99 Å². The van der Waals surface area contributed by atoms with Crippen LogP contribution in [0, 0.1) is 11.8 Å². The van der Waals surface area contributed by atoms with Crippen LogP contribution >= 0.6 is 24.0 Å². The number of guanidine groups is 1. The van der Waals surface area contributed by atoms with E-state index < -0.39 is 12.1 Å². The Morgan fingerprint density at radius 3 is 2.19 bits per heavy atom. The Hall–Kier alpha value is -0.210. The topological polar surface area (TPSA) is 36.4 Å². The number of halogens is 4. The van der Waals surface area contributed by atoms with Gasteiger partial charge in [0.05, 0.1) is 5.92 Å². The van der Waals surface area contributed by atoms with E-state index in [-0.39, 0.29) is 42.9 Å². The van der Waals surface area contributed by atoms with Crippen molar-refractivity contribution in [2.24, 2.45) is 16.8 Å². The average Bonchev–Trinajstić information content (AvgIpc) is 3.21. The highest BCUT2D eigenvalue weighted by Gasteiger charge is 2.41. The van der Waals surface area contributed by atoms with E-state index >= 15 is 0 Å². The first-order valence-electron chi connectivity index (χ1n) is 7.53. The Kier molecular flexibility index (Phi) is 7.56. The molecule has 124 valence electrons. The van der Waals surface area contributed by atoms with Gasteiger partial charge >= 0.3 is 6.18 Å². The Labute approximate surface area is 141 Å². The summed E-state index contributed by atoms with van der Waals surface area (Å²) in [6.07, 6.45) is 1.35. The molecule has 0 amide bonds. The number of alkyl halides is 3. The van der Waals surface area contributed by atoms with E-state index in [1.54, 1.807) is 7.05 Å². The first kappa shape index (κ1) is 18.8. The molecule has 2 aliphatic rings. The fraction of sp³-hybridized carbons (Fsp3) is 0.929. The van der Waals surface area contributed by atoms with E-state index in [9.17, 15) is 13.2 Å². The molecule has 0 bridgehead atoms. The number of nitrogens with one attached hydrogen (secondary N) is 2. The van der Waals surface area contributed by atoms with Gasteiger partial charge in [0, 0.05) is 19.6 Å². The van der Waals surface area contributed by atoms with Crippen molar-refractivity contribution < 1.29 is 13.2 Å². The van der Waals surface area contributed by atoms with Gasteiger partial charge in [0.25, 0.3) is 0 Å². The molecule has 3 nitrogen and oxygen atoms in total. The summed E-state index contributed by atoms with van der Waals surface area (Å²) < 4.78 is 37.8. The third kappa shape index (κ3) is 6.61. The zero-order chi connectivity index (χ0) is 14.6. The summed E-state index contributed by atoms with van der Waals surface area (Å²) >= 11 is 0. The predicted octanol–water partition coefficient (Wildman–Crippen LogP) is 3.69. The maximum Gasteiger partial charge on any atom is 0.391 e. The third-order valence-electron chi connectivity index (χ3n) is 4.30. The third-order valence-corrected chi connectivity index (χ3v) is 4.30. The molecule has 0 aromatic carbocycles. The minimum Gasteiger partial charge on any atom is -0.356 e. The minimum absolute atomic E-state index is 0. The molecule has 2 saturated carbocycles. The largest absolute Gasteiger partial charge is 0.391 e. The summed E-state index contributed by atoms with van der Waals surface area (Å²) in [6, 6.07) is 0.112. The zero-order valence-electron chi connectivity index (χ0n) is 12.4. The van der Waals surface area contributed by atoms with Gasteiger partial charge in [-0.1, -0.05) is 12.8 Å². The molecule has 21 heavy (non-hydrogen) atoms. The minimum atomic E-state index is -4.03. The number of hydrogen-bond acceptors (Lipinski definition) is 1. The van der Waals surface area contributed by atoms with Crippen LogP contribution < -0.4 is 10.6 Å². The van der Waals surface area contributed by atoms with Gasteiger partial charge in [0.1, 0.15) is 0 Å². The van der Waals surface area contributed by atoms with Gasteiger partial charge in [0.2, 0.25) is 0 Å². The maximum absolute atomic E-state index is 12.6. The summed E-state index contributed by atoms with van der Waals surface area (Å²) in [5.41, 5.74) is 0. The number of rotatable bonds is 4. The van der Waals surface area contributed by atoms with Crippen molar-refractivity contribution >= 4 is 29.9 Å². The lowest BCUT2D eigenvalue weighted by molar-refractivity contribution is -0.182. The van der Waals surface area contributed by atoms with Crippen LogP contribution in [0.3, 0.4) is 0 Å². The van der Waals surface area contributed by atoms with Gasteiger partial charge in [-0.05, 0) is 38.0 Å². The second-order valence-electron chi connectivity index (χ2n) is 5.97. The molecule has 2 N–H and O–H groups in total. The lowest BCUT2D eigenvalue weighted by atomic mass is 9.85. The van der Waals surface area contributed by atoms with E-state index in [0.717, 1.165) is 24.8 Å². The van der Waals surface area contributed by atoms with Crippen molar-refractivity contribution in [3.8, 4) is 0 Å². The molecule has 0 radical (unpaired) electrons. The second kappa shape index (κ2) is 8.43. The van der Waals surface area contributed by atoms with Crippen LogP contribution in [0.5, 0.6) is 0 Å². The summed E-state index contributed by atoms with van der Waals surface area (Å²) in [7, 11) is 1.70. The Balaban J connectivity index is 0.00000220. The van der Waals surface area contributed by atoms with Gasteiger partial charge in [-0.25, -0.2) is 0 Å². The summed E-state index contributed by atoms with van der Waals surface area (Å²) in [6.45, 7) is 0.891. The van der Waals surface area contributed by atoms with Crippen LogP contribution in [-0.4, -0.2) is 31.8 Å². The highest BCUT2D eigenvalue weighted by Crippen LogP contribution is 2.37. The van der Waals surface area contributed by atoms with E-state index in [4.69, 9.17) is 0 Å². The Morgan fingerprint density at radius 2 is 1.71 bits per heavy atom. The molecule has 0 aromatic rings. The van der Waals surface area contributed by atoms with Crippen molar-refractivity contribution in [3.63, 3.8) is 0 Å². The van der Waals surface area contributed by atoms with Crippen molar-refractivity contribution in [2.45, 2.75) is 57.2 Å². The molecule has 0 aromatic heterocycles. The second-order valence-corrected chi connectivity index (χ2v) is 5.97. The Bertz CT molecular complexity index is 335. The number of hydrogen-bond donors (Lipinski definition) is 2. The van der Waals surface area contributed by atoms with Crippen LogP contribution in [0.25, 0.3) is 0 Å². The molecule has 0 heterocycles. The molecule has 2 rings (SSSR count). The first-order chi connectivity index (χ1) is 9.49. The maximum atomic E-state index is 12.6. The molecular weight excluding hydrogens is 394 g/mol. The SMILES string of the molecule is CN=C(NCCC1CC1)NC1CCC(C(F)(F)F)CC1.I. The molecular formula is C14H25F3IN3. The monoisotopic (exact) mass is 419 g/mol. The summed E-state index contributed by atoms with van der Waals surface area (Å²) in [5, 5.41) is 6.49. The van der Waals surface area contributed by atoms with Crippen molar-refractivity contribution in [1.82, 2.24) is 10.6 Å². The van der Waals surface area contributed by atoms with Crippen LogP contribution in [0.1, 0.15) is 44.9 Å². The standard InChI is InChI=1S/C14H24F3N3.HI/c1-18-13(19-9-8-10-2-3-10)20-12-6-4-11(5-7-12)14(15,16)17;/h10-12H,2-9H2,1H3,(H2,18,19,20);1H. The average molecular weight is 419 g/mol. The van der Waals surface area contributed by atoms with Crippen molar-refractivity contribution in [3.05, 3.63) is 0 Å². The molecule has 0 atom stereocenters. The normalized spacial score (nSPS) is 27.0. The highest BCUT2D eigenvalue weighted by molar-refractivity contribution is 14.0. The number of nitrogens with zero attached hydrogens (tertiary/aromatic N) is 1. The van der Waals surface area contributed by atoms with E-state index in [0.29, 0.717) is 12.8 Å². The smallest absolute Gasteiger partial charge is 0.356 e. The summed E-state index contributed by atoms with van der Waals surface area (Å²) in [4.78, 5) is 4.14.